The van der Waals surface area contributed by atoms with Crippen molar-refractivity contribution in [1.29, 1.82) is 0 Å². The average molecular weight is 325 g/mol. The number of aryl methyl sites for hydroxylation is 1. The standard InChI is InChI=1S/C19H23N3O2/c1-12(2)17(18-13(3)6-5-11-20-18)22-19(24)15-7-9-16(10-8-15)21-14(4)23/h5-12,17H,1-4H3,(H,21,23)(H,22,24)/t17-/m0/s1. The number of amides is 2. The molecule has 2 rings (SSSR count). The van der Waals surface area contributed by atoms with Crippen molar-refractivity contribution < 1.29 is 9.59 Å². The number of pyridine rings is 1. The Morgan fingerprint density at radius 1 is 1.08 bits per heavy atom. The van der Waals surface area contributed by atoms with E-state index in [1.807, 2.05) is 19.1 Å². The van der Waals surface area contributed by atoms with Gasteiger partial charge in [-0.2, -0.15) is 0 Å². The molecule has 2 amide bonds. The van der Waals surface area contributed by atoms with Crippen LogP contribution in [-0.4, -0.2) is 16.8 Å². The molecule has 1 aromatic heterocycles. The van der Waals surface area contributed by atoms with Gasteiger partial charge in [0.25, 0.3) is 5.91 Å². The Morgan fingerprint density at radius 3 is 2.29 bits per heavy atom. The Bertz CT molecular complexity index is 724. The molecule has 0 radical (unpaired) electrons. The quantitative estimate of drug-likeness (QED) is 0.884. The maximum absolute atomic E-state index is 12.6. The van der Waals surface area contributed by atoms with Gasteiger partial charge in [-0.25, -0.2) is 0 Å². The number of hydrogen-bond donors (Lipinski definition) is 2. The highest BCUT2D eigenvalue weighted by atomic mass is 16.2. The Kier molecular flexibility index (Phi) is 5.68. The lowest BCUT2D eigenvalue weighted by Gasteiger charge is -2.23. The number of benzene rings is 1. The molecule has 5 nitrogen and oxygen atoms in total. The van der Waals surface area contributed by atoms with Crippen molar-refractivity contribution in [1.82, 2.24) is 10.3 Å². The first-order chi connectivity index (χ1) is 11.4. The van der Waals surface area contributed by atoms with Crippen molar-refractivity contribution >= 4 is 17.5 Å². The third-order valence-corrected chi connectivity index (χ3v) is 3.77. The van der Waals surface area contributed by atoms with Crippen LogP contribution in [0, 0.1) is 12.8 Å². The fraction of sp³-hybridized carbons (Fsp3) is 0.316. The Balaban J connectivity index is 2.16. The molecule has 0 aliphatic heterocycles. The molecule has 0 fully saturated rings. The summed E-state index contributed by atoms with van der Waals surface area (Å²) in [4.78, 5) is 28.0. The first-order valence-electron chi connectivity index (χ1n) is 7.98. The normalized spacial score (nSPS) is 11.9. The molecule has 1 aromatic carbocycles. The van der Waals surface area contributed by atoms with Crippen LogP contribution in [0.25, 0.3) is 0 Å². The molecular weight excluding hydrogens is 302 g/mol. The summed E-state index contributed by atoms with van der Waals surface area (Å²) in [5.41, 5.74) is 3.15. The second kappa shape index (κ2) is 7.73. The summed E-state index contributed by atoms with van der Waals surface area (Å²) in [5, 5.41) is 5.74. The van der Waals surface area contributed by atoms with Gasteiger partial charge >= 0.3 is 0 Å². The van der Waals surface area contributed by atoms with Crippen LogP contribution in [-0.2, 0) is 4.79 Å². The number of aromatic nitrogens is 1. The second-order valence-corrected chi connectivity index (χ2v) is 6.16. The second-order valence-electron chi connectivity index (χ2n) is 6.16. The highest BCUT2D eigenvalue weighted by Gasteiger charge is 2.21. The summed E-state index contributed by atoms with van der Waals surface area (Å²) in [7, 11) is 0. The number of rotatable bonds is 5. The number of carbonyl (C=O) groups is 2. The summed E-state index contributed by atoms with van der Waals surface area (Å²) in [6, 6.07) is 10.5. The number of nitrogens with zero attached hydrogens (tertiary/aromatic N) is 1. The Morgan fingerprint density at radius 2 is 1.75 bits per heavy atom. The summed E-state index contributed by atoms with van der Waals surface area (Å²) >= 11 is 0. The van der Waals surface area contributed by atoms with Gasteiger partial charge in [0.1, 0.15) is 0 Å². The van der Waals surface area contributed by atoms with E-state index >= 15 is 0 Å². The summed E-state index contributed by atoms with van der Waals surface area (Å²) in [6.45, 7) is 7.55. The van der Waals surface area contributed by atoms with E-state index in [9.17, 15) is 9.59 Å². The van der Waals surface area contributed by atoms with Crippen molar-refractivity contribution in [2.45, 2.75) is 33.7 Å². The number of nitrogens with one attached hydrogen (secondary N) is 2. The monoisotopic (exact) mass is 325 g/mol. The van der Waals surface area contributed by atoms with Crippen LogP contribution in [0.3, 0.4) is 0 Å². The molecule has 24 heavy (non-hydrogen) atoms. The lowest BCUT2D eigenvalue weighted by Crippen LogP contribution is -2.32. The van der Waals surface area contributed by atoms with Gasteiger partial charge in [0.05, 0.1) is 11.7 Å². The van der Waals surface area contributed by atoms with Crippen LogP contribution < -0.4 is 10.6 Å². The summed E-state index contributed by atoms with van der Waals surface area (Å²) in [5.74, 6) is -0.0907. The molecule has 0 aliphatic rings. The highest BCUT2D eigenvalue weighted by molar-refractivity contribution is 5.95. The first kappa shape index (κ1) is 17.7. The van der Waals surface area contributed by atoms with Gasteiger partial charge in [-0.15, -0.1) is 0 Å². The van der Waals surface area contributed by atoms with Crippen molar-refractivity contribution in [3.8, 4) is 0 Å². The molecule has 0 aliphatic carbocycles. The van der Waals surface area contributed by atoms with Gasteiger partial charge < -0.3 is 10.6 Å². The molecule has 1 heterocycles. The van der Waals surface area contributed by atoms with Crippen LogP contribution in [0.4, 0.5) is 5.69 Å². The predicted molar refractivity (Wildman–Crippen MR) is 94.8 cm³/mol. The average Bonchev–Trinajstić information content (AvgIpc) is 2.53. The van der Waals surface area contributed by atoms with Crippen molar-refractivity contribution in [2.75, 3.05) is 5.32 Å². The number of anilines is 1. The molecule has 2 aromatic rings. The van der Waals surface area contributed by atoms with Gasteiger partial charge in [0.15, 0.2) is 0 Å². The van der Waals surface area contributed by atoms with Crippen molar-refractivity contribution in [3.63, 3.8) is 0 Å². The molecular formula is C19H23N3O2. The van der Waals surface area contributed by atoms with E-state index < -0.39 is 0 Å². The number of carbonyl (C=O) groups excluding carboxylic acids is 2. The predicted octanol–water partition coefficient (Wildman–Crippen LogP) is 3.48. The van der Waals surface area contributed by atoms with Gasteiger partial charge in [-0.1, -0.05) is 19.9 Å². The topological polar surface area (TPSA) is 71.1 Å². The van der Waals surface area contributed by atoms with Crippen LogP contribution >= 0.6 is 0 Å². The third-order valence-electron chi connectivity index (χ3n) is 3.77. The molecule has 5 heteroatoms. The van der Waals surface area contributed by atoms with E-state index in [1.165, 1.54) is 6.92 Å². The van der Waals surface area contributed by atoms with E-state index in [4.69, 9.17) is 0 Å². The molecule has 1 atom stereocenters. The minimum atomic E-state index is -0.159. The highest BCUT2D eigenvalue weighted by Crippen LogP contribution is 2.23. The van der Waals surface area contributed by atoms with Crippen LogP contribution in [0.15, 0.2) is 42.6 Å². The van der Waals surface area contributed by atoms with E-state index in [0.717, 1.165) is 11.3 Å². The van der Waals surface area contributed by atoms with Gasteiger partial charge in [-0.3, -0.25) is 14.6 Å². The van der Waals surface area contributed by atoms with E-state index in [0.29, 0.717) is 11.3 Å². The minimum Gasteiger partial charge on any atom is -0.343 e. The molecule has 0 spiro atoms. The third kappa shape index (κ3) is 4.41. The Hall–Kier alpha value is -2.69. The zero-order chi connectivity index (χ0) is 17.7. The molecule has 0 bridgehead atoms. The lowest BCUT2D eigenvalue weighted by atomic mass is 9.97. The maximum Gasteiger partial charge on any atom is 0.251 e. The van der Waals surface area contributed by atoms with Gasteiger partial charge in [0, 0.05) is 24.4 Å². The molecule has 126 valence electrons. The zero-order valence-electron chi connectivity index (χ0n) is 14.5. The van der Waals surface area contributed by atoms with Crippen molar-refractivity contribution in [2.24, 2.45) is 5.92 Å². The Labute approximate surface area is 142 Å². The summed E-state index contributed by atoms with van der Waals surface area (Å²) in [6.07, 6.45) is 1.74. The first-order valence-corrected chi connectivity index (χ1v) is 7.98. The largest absolute Gasteiger partial charge is 0.343 e. The summed E-state index contributed by atoms with van der Waals surface area (Å²) < 4.78 is 0. The SMILES string of the molecule is CC(=O)Nc1ccc(C(=O)N[C@H](c2ncccc2C)C(C)C)cc1. The fourth-order valence-corrected chi connectivity index (χ4v) is 2.51. The van der Waals surface area contributed by atoms with Crippen molar-refractivity contribution in [3.05, 3.63) is 59.4 Å². The van der Waals surface area contributed by atoms with Gasteiger partial charge in [0.2, 0.25) is 5.91 Å². The van der Waals surface area contributed by atoms with E-state index in [1.54, 1.807) is 30.5 Å². The van der Waals surface area contributed by atoms with E-state index in [-0.39, 0.29) is 23.8 Å². The van der Waals surface area contributed by atoms with Gasteiger partial charge in [-0.05, 0) is 48.7 Å². The molecule has 0 saturated carbocycles. The fourth-order valence-electron chi connectivity index (χ4n) is 2.51. The minimum absolute atomic E-state index is 0.141. The lowest BCUT2D eigenvalue weighted by molar-refractivity contribution is -0.114. The molecule has 0 saturated heterocycles. The van der Waals surface area contributed by atoms with Crippen LogP contribution in [0.1, 0.15) is 48.4 Å². The molecule has 2 N–H and O–H groups in total. The van der Waals surface area contributed by atoms with E-state index in [2.05, 4.69) is 29.5 Å². The van der Waals surface area contributed by atoms with Crippen LogP contribution in [0.2, 0.25) is 0 Å². The smallest absolute Gasteiger partial charge is 0.251 e. The van der Waals surface area contributed by atoms with Crippen LogP contribution in [0.5, 0.6) is 0 Å². The molecule has 0 unspecified atom stereocenters. The zero-order valence-corrected chi connectivity index (χ0v) is 14.5. The maximum atomic E-state index is 12.6. The number of hydrogen-bond acceptors (Lipinski definition) is 3.